The summed E-state index contributed by atoms with van der Waals surface area (Å²) in [7, 11) is 1.94. The fourth-order valence-electron chi connectivity index (χ4n) is 5.31. The van der Waals surface area contributed by atoms with E-state index >= 15 is 0 Å². The first-order valence-corrected chi connectivity index (χ1v) is 11.6. The summed E-state index contributed by atoms with van der Waals surface area (Å²) in [4.78, 5) is 27.7. The number of fused-ring (bicyclic) bond motifs is 3. The van der Waals surface area contributed by atoms with Gasteiger partial charge in [-0.25, -0.2) is 0 Å². The first-order valence-electron chi connectivity index (χ1n) is 11.2. The van der Waals surface area contributed by atoms with Crippen LogP contribution in [-0.4, -0.2) is 52.0 Å². The number of hydrogen-bond donors (Lipinski definition) is 2. The van der Waals surface area contributed by atoms with Gasteiger partial charge < -0.3 is 15.2 Å². The number of halogens is 1. The number of carbonyl (C=O) groups is 2. The normalized spacial score (nSPS) is 23.8. The molecule has 0 spiro atoms. The van der Waals surface area contributed by atoms with E-state index in [0.29, 0.717) is 41.7 Å². The monoisotopic (exact) mass is 444 g/mol. The molecule has 1 aromatic heterocycles. The summed E-state index contributed by atoms with van der Waals surface area (Å²) in [5, 5.41) is 7.75. The molecule has 3 atom stereocenters. The lowest BCUT2D eigenvalue weighted by Crippen LogP contribution is -2.52. The summed E-state index contributed by atoms with van der Waals surface area (Å²) in [6, 6.07) is 6.51. The first-order chi connectivity index (χ1) is 14.6. The van der Waals surface area contributed by atoms with Crippen LogP contribution in [0.4, 0.5) is 0 Å². The first kappa shape index (κ1) is 22.2. The Morgan fingerprint density at radius 3 is 2.48 bits per heavy atom. The van der Waals surface area contributed by atoms with Crippen LogP contribution in [0.3, 0.4) is 0 Å². The van der Waals surface area contributed by atoms with Crippen molar-refractivity contribution in [3.8, 4) is 0 Å². The number of nitrogens with one attached hydrogen (secondary N) is 2. The van der Waals surface area contributed by atoms with Gasteiger partial charge in [0.2, 0.25) is 5.91 Å². The van der Waals surface area contributed by atoms with Gasteiger partial charge in [0.25, 0.3) is 5.91 Å². The Balaban J connectivity index is 1.35. The summed E-state index contributed by atoms with van der Waals surface area (Å²) in [5.41, 5.74) is 1.46. The molecule has 0 aliphatic carbocycles. The number of nitrogens with zero attached hydrogens (tertiary/aromatic N) is 2. The molecule has 1 aromatic carbocycles. The molecular weight excluding hydrogens is 412 g/mol. The van der Waals surface area contributed by atoms with Crippen molar-refractivity contribution in [2.24, 2.45) is 13.0 Å². The van der Waals surface area contributed by atoms with Crippen molar-refractivity contribution in [1.82, 2.24) is 20.1 Å². The predicted octanol–water partition coefficient (Wildman–Crippen LogP) is 3.72. The molecule has 2 fully saturated rings. The van der Waals surface area contributed by atoms with Gasteiger partial charge in [-0.3, -0.25) is 14.5 Å². The number of hydrogen-bond acceptors (Lipinski definition) is 3. The van der Waals surface area contributed by atoms with Crippen molar-refractivity contribution in [2.45, 2.75) is 64.1 Å². The molecule has 3 heterocycles. The van der Waals surface area contributed by atoms with Gasteiger partial charge in [0, 0.05) is 53.3 Å². The van der Waals surface area contributed by atoms with Crippen LogP contribution in [0.1, 0.15) is 56.8 Å². The van der Waals surface area contributed by atoms with E-state index < -0.39 is 0 Å². The molecule has 1 unspecified atom stereocenters. The molecule has 2 amide bonds. The van der Waals surface area contributed by atoms with Crippen LogP contribution in [-0.2, 0) is 11.8 Å². The maximum Gasteiger partial charge on any atom is 0.253 e. The van der Waals surface area contributed by atoms with Gasteiger partial charge in [-0.15, -0.1) is 0 Å². The summed E-state index contributed by atoms with van der Waals surface area (Å²) < 4.78 is 1.96. The van der Waals surface area contributed by atoms with E-state index in [0.717, 1.165) is 36.6 Å². The summed E-state index contributed by atoms with van der Waals surface area (Å²) in [6.45, 7) is 7.18. The zero-order valence-electron chi connectivity index (χ0n) is 18.9. The van der Waals surface area contributed by atoms with Crippen molar-refractivity contribution in [1.29, 1.82) is 0 Å². The van der Waals surface area contributed by atoms with Crippen molar-refractivity contribution >= 4 is 34.3 Å². The molecule has 2 saturated heterocycles. The highest BCUT2D eigenvalue weighted by Gasteiger charge is 2.41. The highest BCUT2D eigenvalue weighted by molar-refractivity contribution is 6.31. The number of benzene rings is 1. The lowest BCUT2D eigenvalue weighted by Gasteiger charge is -2.39. The SMILES string of the molecule is Cn1cc(C(=O)NCC2C[C@H]3CC[C@@H](C2)N3CC(=O)NC(C)(C)C)c2cc(Cl)ccc21. The highest BCUT2D eigenvalue weighted by Crippen LogP contribution is 2.38. The Bertz CT molecular complexity index is 979. The van der Waals surface area contributed by atoms with Crippen LogP contribution in [0.25, 0.3) is 10.9 Å². The molecule has 0 radical (unpaired) electrons. The highest BCUT2D eigenvalue weighted by atomic mass is 35.5. The van der Waals surface area contributed by atoms with E-state index in [1.165, 1.54) is 0 Å². The number of amides is 2. The Morgan fingerprint density at radius 1 is 1.16 bits per heavy atom. The molecule has 6 nitrogen and oxygen atoms in total. The zero-order chi connectivity index (χ0) is 22.3. The molecule has 2 aliphatic heterocycles. The lowest BCUT2D eigenvalue weighted by atomic mass is 9.90. The van der Waals surface area contributed by atoms with Gasteiger partial charge in [-0.2, -0.15) is 0 Å². The second kappa shape index (κ2) is 8.47. The summed E-state index contributed by atoms with van der Waals surface area (Å²) in [5.74, 6) is 0.500. The number of carbonyl (C=O) groups excluding carboxylic acids is 2. The lowest BCUT2D eigenvalue weighted by molar-refractivity contribution is -0.125. The third-order valence-electron chi connectivity index (χ3n) is 6.57. The van der Waals surface area contributed by atoms with Crippen molar-refractivity contribution in [3.05, 3.63) is 35.0 Å². The van der Waals surface area contributed by atoms with Gasteiger partial charge in [0.15, 0.2) is 0 Å². The summed E-state index contributed by atoms with van der Waals surface area (Å²) >= 11 is 6.15. The Kier molecular flexibility index (Phi) is 6.05. The average molecular weight is 445 g/mol. The maximum absolute atomic E-state index is 12.9. The molecule has 31 heavy (non-hydrogen) atoms. The Labute approximate surface area is 189 Å². The second-order valence-electron chi connectivity index (χ2n) is 10.2. The number of rotatable bonds is 5. The van der Waals surface area contributed by atoms with Gasteiger partial charge in [0.1, 0.15) is 0 Å². The topological polar surface area (TPSA) is 66.4 Å². The van der Waals surface area contributed by atoms with E-state index in [1.807, 2.05) is 56.8 Å². The second-order valence-corrected chi connectivity index (χ2v) is 10.7. The minimum absolute atomic E-state index is 0.0489. The van der Waals surface area contributed by atoms with E-state index in [4.69, 9.17) is 11.6 Å². The quantitative estimate of drug-likeness (QED) is 0.738. The van der Waals surface area contributed by atoms with Crippen LogP contribution in [0.5, 0.6) is 0 Å². The fraction of sp³-hybridized carbons (Fsp3) is 0.583. The van der Waals surface area contributed by atoms with Crippen LogP contribution in [0.15, 0.2) is 24.4 Å². The molecule has 2 bridgehead atoms. The molecule has 2 aliphatic rings. The fourth-order valence-corrected chi connectivity index (χ4v) is 5.48. The van der Waals surface area contributed by atoms with Crippen molar-refractivity contribution in [3.63, 3.8) is 0 Å². The maximum atomic E-state index is 12.9. The third kappa shape index (κ3) is 4.90. The van der Waals surface area contributed by atoms with E-state index in [1.54, 1.807) is 0 Å². The van der Waals surface area contributed by atoms with Gasteiger partial charge in [-0.05, 0) is 70.6 Å². The van der Waals surface area contributed by atoms with E-state index in [2.05, 4.69) is 15.5 Å². The standard InChI is InChI=1S/C24H33ClN4O2/c1-24(2,3)27-22(30)14-29-17-6-7-18(29)10-15(9-17)12-26-23(31)20-13-28(4)21-8-5-16(25)11-19(20)21/h5,8,11,13,15,17-18H,6-7,9-10,12,14H2,1-4H3,(H,26,31)(H,27,30)/t15?,17-,18+. The van der Waals surface area contributed by atoms with Crippen LogP contribution in [0, 0.1) is 5.92 Å². The van der Waals surface area contributed by atoms with Crippen molar-refractivity contribution < 1.29 is 9.59 Å². The Hall–Kier alpha value is -2.05. The van der Waals surface area contributed by atoms with Crippen molar-refractivity contribution in [2.75, 3.05) is 13.1 Å². The van der Waals surface area contributed by atoms with Crippen LogP contribution >= 0.6 is 11.6 Å². The number of piperidine rings is 1. The largest absolute Gasteiger partial charge is 0.352 e. The van der Waals surface area contributed by atoms with E-state index in [9.17, 15) is 9.59 Å². The van der Waals surface area contributed by atoms with Gasteiger partial charge in [-0.1, -0.05) is 11.6 Å². The van der Waals surface area contributed by atoms with Crippen LogP contribution < -0.4 is 10.6 Å². The summed E-state index contributed by atoms with van der Waals surface area (Å²) in [6.07, 6.45) is 6.21. The molecule has 0 saturated carbocycles. The Morgan fingerprint density at radius 2 is 1.84 bits per heavy atom. The number of aryl methyl sites for hydroxylation is 1. The average Bonchev–Trinajstić information content (AvgIpc) is 3.10. The molecule has 4 rings (SSSR count). The van der Waals surface area contributed by atoms with Gasteiger partial charge in [0.05, 0.1) is 12.1 Å². The van der Waals surface area contributed by atoms with E-state index in [-0.39, 0.29) is 17.4 Å². The smallest absolute Gasteiger partial charge is 0.253 e. The predicted molar refractivity (Wildman–Crippen MR) is 124 cm³/mol. The molecule has 2 N–H and O–H groups in total. The van der Waals surface area contributed by atoms with Crippen LogP contribution in [0.2, 0.25) is 5.02 Å². The minimum Gasteiger partial charge on any atom is -0.352 e. The third-order valence-corrected chi connectivity index (χ3v) is 6.81. The molecular formula is C24H33ClN4O2. The minimum atomic E-state index is -0.204. The number of aromatic nitrogens is 1. The molecule has 168 valence electrons. The van der Waals surface area contributed by atoms with Gasteiger partial charge >= 0.3 is 0 Å². The molecule has 2 aromatic rings. The zero-order valence-corrected chi connectivity index (χ0v) is 19.6. The molecule has 7 heteroatoms.